The van der Waals surface area contributed by atoms with Gasteiger partial charge in [0.25, 0.3) is 5.91 Å². The van der Waals surface area contributed by atoms with Gasteiger partial charge in [0.05, 0.1) is 22.9 Å². The first-order valence-electron chi connectivity index (χ1n) is 12.2. The van der Waals surface area contributed by atoms with Crippen LogP contribution in [0.25, 0.3) is 22.4 Å². The van der Waals surface area contributed by atoms with Crippen LogP contribution < -0.4 is 5.32 Å². The second-order valence-electron chi connectivity index (χ2n) is 9.09. The Balaban J connectivity index is 1.36. The molecule has 2 aromatic carbocycles. The van der Waals surface area contributed by atoms with Crippen molar-refractivity contribution in [3.05, 3.63) is 72.3 Å². The van der Waals surface area contributed by atoms with Crippen LogP contribution in [-0.2, 0) is 6.54 Å². The molecule has 1 fully saturated rings. The average molecular weight is 472 g/mol. The Bertz CT molecular complexity index is 1320. The predicted molar refractivity (Wildman–Crippen MR) is 133 cm³/mol. The number of imidazole rings is 2. The Morgan fingerprint density at radius 3 is 2.51 bits per heavy atom. The summed E-state index contributed by atoms with van der Waals surface area (Å²) in [5.41, 5.74) is 3.39. The predicted octanol–water partition coefficient (Wildman–Crippen LogP) is 4.92. The zero-order chi connectivity index (χ0) is 24.2. The molecule has 1 saturated carbocycles. The van der Waals surface area contributed by atoms with Gasteiger partial charge >= 0.3 is 5.97 Å². The van der Waals surface area contributed by atoms with Crippen LogP contribution in [-0.4, -0.2) is 42.6 Å². The summed E-state index contributed by atoms with van der Waals surface area (Å²) in [5.74, 6) is -0.239. The Morgan fingerprint density at radius 1 is 1.03 bits per heavy atom. The number of carbonyl (C=O) groups is 2. The molecule has 1 aliphatic carbocycles. The molecule has 2 N–H and O–H groups in total. The van der Waals surface area contributed by atoms with E-state index in [1.165, 1.54) is 19.3 Å². The fourth-order valence-corrected chi connectivity index (χ4v) is 4.90. The summed E-state index contributed by atoms with van der Waals surface area (Å²) in [6, 6.07) is 13.0. The van der Waals surface area contributed by atoms with Crippen molar-refractivity contribution < 1.29 is 14.7 Å². The van der Waals surface area contributed by atoms with E-state index >= 15 is 0 Å². The fourth-order valence-electron chi connectivity index (χ4n) is 4.90. The number of rotatable bonds is 8. The molecule has 2 heterocycles. The molecule has 2 aromatic heterocycles. The van der Waals surface area contributed by atoms with Crippen LogP contribution in [0, 0.1) is 0 Å². The summed E-state index contributed by atoms with van der Waals surface area (Å²) < 4.78 is 4.25. The number of carboxylic acid groups (broad SMARTS) is 1. The number of carbonyl (C=O) groups excluding carboxylic acids is 1. The molecule has 0 unspecified atom stereocenters. The highest BCUT2D eigenvalue weighted by atomic mass is 16.4. The maximum absolute atomic E-state index is 12.6. The van der Waals surface area contributed by atoms with Gasteiger partial charge in [0, 0.05) is 42.7 Å². The van der Waals surface area contributed by atoms with Crippen LogP contribution in [0.4, 0.5) is 0 Å². The Labute approximate surface area is 203 Å². The lowest BCUT2D eigenvalue weighted by Gasteiger charge is -2.25. The first-order chi connectivity index (χ1) is 17.1. The van der Waals surface area contributed by atoms with E-state index in [1.54, 1.807) is 24.7 Å². The van der Waals surface area contributed by atoms with Crippen molar-refractivity contribution in [3.63, 3.8) is 0 Å². The molecule has 0 atom stereocenters. The van der Waals surface area contributed by atoms with Gasteiger partial charge in [-0.3, -0.25) is 4.79 Å². The number of nitrogens with zero attached hydrogens (tertiary/aromatic N) is 4. The molecular formula is C27H29N5O3. The average Bonchev–Trinajstić information content (AvgIpc) is 3.54. The number of nitrogens with one attached hydrogen (secondary N) is 1. The van der Waals surface area contributed by atoms with E-state index in [4.69, 9.17) is 4.98 Å². The Hall–Kier alpha value is -3.94. The molecule has 0 aliphatic heterocycles. The number of aromatic nitrogens is 4. The van der Waals surface area contributed by atoms with Crippen LogP contribution >= 0.6 is 0 Å². The highest BCUT2D eigenvalue weighted by Gasteiger charge is 2.23. The van der Waals surface area contributed by atoms with Gasteiger partial charge in [0.2, 0.25) is 0 Å². The van der Waals surface area contributed by atoms with E-state index in [9.17, 15) is 14.7 Å². The SMILES string of the molecule is O=C(O)c1ccc2c(c1)nc(-c1ccc(C(=O)NCCCn3ccnc3)cc1)n2C1CCCCC1. The number of aryl methyl sites for hydroxylation is 1. The van der Waals surface area contributed by atoms with E-state index in [0.29, 0.717) is 23.7 Å². The second-order valence-corrected chi connectivity index (χ2v) is 9.09. The van der Waals surface area contributed by atoms with Gasteiger partial charge in [-0.2, -0.15) is 0 Å². The van der Waals surface area contributed by atoms with E-state index in [2.05, 4.69) is 14.9 Å². The third-order valence-electron chi connectivity index (χ3n) is 6.72. The lowest BCUT2D eigenvalue weighted by atomic mass is 9.94. The van der Waals surface area contributed by atoms with Gasteiger partial charge in [-0.1, -0.05) is 31.4 Å². The molecule has 1 aliphatic rings. The topological polar surface area (TPSA) is 102 Å². The van der Waals surface area contributed by atoms with Gasteiger partial charge in [-0.25, -0.2) is 14.8 Å². The normalized spacial score (nSPS) is 14.3. The summed E-state index contributed by atoms with van der Waals surface area (Å²) in [6.07, 6.45) is 12.0. The number of hydrogen-bond donors (Lipinski definition) is 2. The van der Waals surface area contributed by atoms with Gasteiger partial charge in [0.1, 0.15) is 5.82 Å². The number of amides is 1. The summed E-state index contributed by atoms with van der Waals surface area (Å²) in [5, 5.41) is 12.4. The number of carboxylic acids is 1. The second kappa shape index (κ2) is 10.1. The van der Waals surface area contributed by atoms with Crippen molar-refractivity contribution in [3.8, 4) is 11.4 Å². The highest BCUT2D eigenvalue weighted by molar-refractivity contribution is 5.95. The van der Waals surface area contributed by atoms with Crippen LogP contribution in [0.15, 0.2) is 61.2 Å². The molecule has 35 heavy (non-hydrogen) atoms. The lowest BCUT2D eigenvalue weighted by Crippen LogP contribution is -2.25. The zero-order valence-electron chi connectivity index (χ0n) is 19.6. The molecule has 0 saturated heterocycles. The molecule has 4 aromatic rings. The van der Waals surface area contributed by atoms with Crippen molar-refractivity contribution in [1.82, 2.24) is 24.4 Å². The van der Waals surface area contributed by atoms with Crippen molar-refractivity contribution in [1.29, 1.82) is 0 Å². The fraction of sp³-hybridized carbons (Fsp3) is 0.333. The van der Waals surface area contributed by atoms with Crippen molar-refractivity contribution in [2.75, 3.05) is 6.54 Å². The van der Waals surface area contributed by atoms with Crippen LogP contribution in [0.2, 0.25) is 0 Å². The molecule has 0 bridgehead atoms. The monoisotopic (exact) mass is 471 g/mol. The molecule has 0 radical (unpaired) electrons. The van der Waals surface area contributed by atoms with Gasteiger partial charge in [0.15, 0.2) is 0 Å². The van der Waals surface area contributed by atoms with Gasteiger partial charge in [-0.05, 0) is 49.6 Å². The largest absolute Gasteiger partial charge is 0.478 e. The van der Waals surface area contributed by atoms with Crippen LogP contribution in [0.5, 0.6) is 0 Å². The molecule has 5 rings (SSSR count). The molecule has 1 amide bonds. The maximum Gasteiger partial charge on any atom is 0.335 e. The zero-order valence-corrected chi connectivity index (χ0v) is 19.6. The van der Waals surface area contributed by atoms with E-state index in [1.807, 2.05) is 41.1 Å². The Kier molecular flexibility index (Phi) is 6.61. The van der Waals surface area contributed by atoms with Crippen LogP contribution in [0.1, 0.15) is 65.3 Å². The minimum absolute atomic E-state index is 0.103. The number of benzene rings is 2. The summed E-state index contributed by atoms with van der Waals surface area (Å²) in [4.78, 5) is 33.0. The standard InChI is InChI=1S/C27H29N5O3/c33-26(29-13-4-15-31-16-14-28-18-31)20-9-7-19(8-10-20)25-30-23-17-21(27(34)35)11-12-24(23)32(25)22-5-2-1-3-6-22/h7-12,14,16-18,22H,1-6,13,15H2,(H,29,33)(H,34,35). The van der Waals surface area contributed by atoms with Crippen LogP contribution in [0.3, 0.4) is 0 Å². The summed E-state index contributed by atoms with van der Waals surface area (Å²) in [6.45, 7) is 1.39. The molecule has 8 heteroatoms. The summed E-state index contributed by atoms with van der Waals surface area (Å²) in [7, 11) is 0. The first-order valence-corrected chi connectivity index (χ1v) is 12.2. The third-order valence-corrected chi connectivity index (χ3v) is 6.72. The van der Waals surface area contributed by atoms with Crippen molar-refractivity contribution in [2.24, 2.45) is 0 Å². The van der Waals surface area contributed by atoms with E-state index in [-0.39, 0.29) is 11.5 Å². The Morgan fingerprint density at radius 2 is 1.80 bits per heavy atom. The van der Waals surface area contributed by atoms with E-state index in [0.717, 1.165) is 42.7 Å². The number of fused-ring (bicyclic) bond motifs is 1. The first kappa shape index (κ1) is 22.8. The van der Waals surface area contributed by atoms with Crippen molar-refractivity contribution in [2.45, 2.75) is 51.1 Å². The molecular weight excluding hydrogens is 442 g/mol. The molecule has 180 valence electrons. The van der Waals surface area contributed by atoms with Gasteiger partial charge < -0.3 is 19.6 Å². The molecule has 8 nitrogen and oxygen atoms in total. The van der Waals surface area contributed by atoms with Crippen molar-refractivity contribution >= 4 is 22.9 Å². The summed E-state index contributed by atoms with van der Waals surface area (Å²) >= 11 is 0. The van der Waals surface area contributed by atoms with E-state index < -0.39 is 5.97 Å². The molecule has 0 spiro atoms. The van der Waals surface area contributed by atoms with Gasteiger partial charge in [-0.15, -0.1) is 0 Å². The minimum atomic E-state index is -0.957. The quantitative estimate of drug-likeness (QED) is 0.355. The lowest BCUT2D eigenvalue weighted by molar-refractivity contribution is 0.0696. The highest BCUT2D eigenvalue weighted by Crippen LogP contribution is 2.36. The number of hydrogen-bond acceptors (Lipinski definition) is 4. The maximum atomic E-state index is 12.6. The smallest absolute Gasteiger partial charge is 0.335 e. The third kappa shape index (κ3) is 4.96. The number of aromatic carboxylic acids is 1. The minimum Gasteiger partial charge on any atom is -0.478 e.